The average molecular weight is 448 g/mol. The lowest BCUT2D eigenvalue weighted by Gasteiger charge is -2.44. The van der Waals surface area contributed by atoms with Crippen LogP contribution in [0.15, 0.2) is 12.2 Å². The summed E-state index contributed by atoms with van der Waals surface area (Å²) in [6, 6.07) is 0. The van der Waals surface area contributed by atoms with E-state index in [0.717, 1.165) is 0 Å². The van der Waals surface area contributed by atoms with Crippen LogP contribution in [0.2, 0.25) is 0 Å². The van der Waals surface area contributed by atoms with E-state index in [4.69, 9.17) is 42.6 Å². The fourth-order valence-electron chi connectivity index (χ4n) is 3.55. The van der Waals surface area contributed by atoms with Crippen molar-refractivity contribution in [2.45, 2.75) is 63.1 Å². The van der Waals surface area contributed by atoms with Gasteiger partial charge in [0.15, 0.2) is 12.6 Å². The van der Waals surface area contributed by atoms with E-state index in [2.05, 4.69) is 0 Å². The number of hydrogen-bond donors (Lipinski definition) is 0. The summed E-state index contributed by atoms with van der Waals surface area (Å²) in [6.45, 7) is 2.56. The summed E-state index contributed by atoms with van der Waals surface area (Å²) in [7, 11) is 6.15. The van der Waals surface area contributed by atoms with Crippen molar-refractivity contribution >= 4 is 11.9 Å². The van der Waals surface area contributed by atoms with Crippen molar-refractivity contribution in [3.63, 3.8) is 0 Å². The lowest BCUT2D eigenvalue weighted by atomic mass is 9.98. The molecule has 178 valence electrons. The molecule has 0 radical (unpaired) electrons. The molecule has 0 aromatic heterocycles. The molecule has 2 rings (SSSR count). The Labute approximate surface area is 181 Å². The Morgan fingerprint density at radius 2 is 1.45 bits per heavy atom. The molecule has 0 N–H and O–H groups in total. The zero-order valence-electron chi connectivity index (χ0n) is 18.7. The van der Waals surface area contributed by atoms with Crippen LogP contribution in [0.25, 0.3) is 0 Å². The second kappa shape index (κ2) is 12.4. The third-order valence-electron chi connectivity index (χ3n) is 4.95. The van der Waals surface area contributed by atoms with Crippen LogP contribution in [0, 0.1) is 0 Å². The predicted octanol–water partition coefficient (Wildman–Crippen LogP) is 0.195. The van der Waals surface area contributed by atoms with E-state index >= 15 is 0 Å². The highest BCUT2D eigenvalue weighted by Gasteiger charge is 2.47. The number of rotatable bonds is 10. The maximum absolute atomic E-state index is 11.3. The maximum Gasteiger partial charge on any atom is 0.303 e. The molecule has 1 fully saturated rings. The number of hydrogen-bond acceptors (Lipinski definition) is 11. The fraction of sp³-hybridized carbons (Fsp3) is 0.800. The summed E-state index contributed by atoms with van der Waals surface area (Å²) < 4.78 is 49.8. The van der Waals surface area contributed by atoms with E-state index in [9.17, 15) is 9.59 Å². The van der Waals surface area contributed by atoms with Gasteiger partial charge in [-0.2, -0.15) is 0 Å². The van der Waals surface area contributed by atoms with E-state index in [1.54, 1.807) is 33.5 Å². The van der Waals surface area contributed by atoms with E-state index in [1.807, 2.05) is 0 Å². The molecular weight excluding hydrogens is 416 g/mol. The predicted molar refractivity (Wildman–Crippen MR) is 104 cm³/mol. The van der Waals surface area contributed by atoms with E-state index in [0.29, 0.717) is 0 Å². The number of carbonyl (C=O) groups excluding carboxylic acids is 2. The smallest absolute Gasteiger partial charge is 0.303 e. The van der Waals surface area contributed by atoms with Gasteiger partial charge in [-0.1, -0.05) is 0 Å². The summed E-state index contributed by atoms with van der Waals surface area (Å²) in [5.74, 6) is -0.951. The molecular formula is C20H32O11. The second-order valence-corrected chi connectivity index (χ2v) is 7.02. The van der Waals surface area contributed by atoms with Gasteiger partial charge in [-0.3, -0.25) is 9.59 Å². The third-order valence-corrected chi connectivity index (χ3v) is 4.95. The summed E-state index contributed by atoms with van der Waals surface area (Å²) in [4.78, 5) is 22.5. The largest absolute Gasteiger partial charge is 0.463 e. The third kappa shape index (κ3) is 6.94. The fourth-order valence-corrected chi connectivity index (χ4v) is 3.55. The monoisotopic (exact) mass is 448 g/mol. The van der Waals surface area contributed by atoms with Crippen LogP contribution in [-0.2, 0) is 52.2 Å². The van der Waals surface area contributed by atoms with Crippen molar-refractivity contribution < 1.29 is 52.2 Å². The summed E-state index contributed by atoms with van der Waals surface area (Å²) in [5.41, 5.74) is 0. The van der Waals surface area contributed by atoms with Gasteiger partial charge in [-0.25, -0.2) is 0 Å². The molecule has 31 heavy (non-hydrogen) atoms. The van der Waals surface area contributed by atoms with Crippen LogP contribution in [0.1, 0.15) is 13.8 Å². The number of esters is 2. The van der Waals surface area contributed by atoms with Gasteiger partial charge < -0.3 is 42.6 Å². The lowest BCUT2D eigenvalue weighted by Crippen LogP contribution is -2.61. The molecule has 0 spiro atoms. The molecule has 0 unspecified atom stereocenters. The Bertz CT molecular complexity index is 610. The second-order valence-electron chi connectivity index (χ2n) is 7.02. The number of methoxy groups -OCH3 is 4. The molecule has 0 aromatic carbocycles. The average Bonchev–Trinajstić information content (AvgIpc) is 2.75. The molecule has 0 saturated carbocycles. The van der Waals surface area contributed by atoms with Crippen molar-refractivity contribution in [1.82, 2.24) is 0 Å². The van der Waals surface area contributed by atoms with Gasteiger partial charge in [-0.05, 0) is 12.2 Å². The van der Waals surface area contributed by atoms with E-state index in [1.165, 1.54) is 21.0 Å². The molecule has 11 nitrogen and oxygen atoms in total. The molecule has 0 aliphatic carbocycles. The normalized spacial score (nSPS) is 35.5. The lowest BCUT2D eigenvalue weighted by molar-refractivity contribution is -0.314. The molecule has 2 heterocycles. The highest BCUT2D eigenvalue weighted by atomic mass is 16.7. The van der Waals surface area contributed by atoms with Crippen LogP contribution >= 0.6 is 0 Å². The standard InChI is InChI=1S/C20H32O11/c1-11(21)27-9-14-13(29-12(2)22)7-8-16(30-14)28-10-15-17(23-3)18(24-4)19(25-5)20(26-6)31-15/h7-8,13-20H,9-10H2,1-6H3/t13-,14+,15+,16-,17+,18-,19+,20-/m0/s1. The molecule has 8 atom stereocenters. The van der Waals surface area contributed by atoms with Gasteiger partial charge >= 0.3 is 11.9 Å². The quantitative estimate of drug-likeness (QED) is 0.337. The molecule has 0 aromatic rings. The molecule has 1 saturated heterocycles. The number of carbonyl (C=O) groups is 2. The van der Waals surface area contributed by atoms with Gasteiger partial charge in [0.2, 0.25) is 0 Å². The van der Waals surface area contributed by atoms with Crippen molar-refractivity contribution in [1.29, 1.82) is 0 Å². The van der Waals surface area contributed by atoms with Crippen LogP contribution in [0.4, 0.5) is 0 Å². The first kappa shape index (κ1) is 25.7. The molecule has 11 heteroatoms. The maximum atomic E-state index is 11.3. The Kier molecular flexibility index (Phi) is 10.3. The first-order valence-corrected chi connectivity index (χ1v) is 9.87. The Morgan fingerprint density at radius 1 is 0.774 bits per heavy atom. The minimum atomic E-state index is -0.782. The summed E-state index contributed by atoms with van der Waals surface area (Å²) in [6.07, 6.45) is -1.59. The van der Waals surface area contributed by atoms with Crippen molar-refractivity contribution in [2.75, 3.05) is 41.7 Å². The van der Waals surface area contributed by atoms with Crippen molar-refractivity contribution in [3.05, 3.63) is 12.2 Å². The Balaban J connectivity index is 2.04. The Morgan fingerprint density at radius 3 is 2.00 bits per heavy atom. The van der Waals surface area contributed by atoms with Gasteiger partial charge in [0.25, 0.3) is 0 Å². The molecule has 2 aliphatic rings. The number of ether oxygens (including phenoxy) is 9. The topological polar surface area (TPSA) is 117 Å². The molecule has 2 aliphatic heterocycles. The molecule has 0 amide bonds. The Hall–Kier alpha value is -1.60. The van der Waals surface area contributed by atoms with E-state index in [-0.39, 0.29) is 13.2 Å². The molecule has 0 bridgehead atoms. The summed E-state index contributed by atoms with van der Waals surface area (Å²) >= 11 is 0. The minimum Gasteiger partial charge on any atom is -0.463 e. The first-order valence-electron chi connectivity index (χ1n) is 9.87. The first-order chi connectivity index (χ1) is 14.8. The summed E-state index contributed by atoms with van der Waals surface area (Å²) in [5, 5.41) is 0. The van der Waals surface area contributed by atoms with Crippen LogP contribution in [0.3, 0.4) is 0 Å². The van der Waals surface area contributed by atoms with Gasteiger partial charge in [0.1, 0.15) is 43.2 Å². The van der Waals surface area contributed by atoms with E-state index < -0.39 is 61.1 Å². The van der Waals surface area contributed by atoms with Crippen LogP contribution < -0.4 is 0 Å². The SMILES string of the molecule is CO[C@H]1O[C@H](CO[C@@H]2C=C[C@H](OC(C)=O)[C@@H](COC(C)=O)O2)[C@@H](OC)[C@H](OC)[C@H]1OC. The van der Waals surface area contributed by atoms with Gasteiger partial charge in [-0.15, -0.1) is 0 Å². The minimum absolute atomic E-state index is 0.0855. The van der Waals surface area contributed by atoms with Gasteiger partial charge in [0.05, 0.1) is 6.61 Å². The highest BCUT2D eigenvalue weighted by molar-refractivity contribution is 5.66. The van der Waals surface area contributed by atoms with Gasteiger partial charge in [0, 0.05) is 42.3 Å². The zero-order valence-corrected chi connectivity index (χ0v) is 18.7. The van der Waals surface area contributed by atoms with Crippen molar-refractivity contribution in [3.8, 4) is 0 Å². The highest BCUT2D eigenvalue weighted by Crippen LogP contribution is 2.28. The van der Waals surface area contributed by atoms with Crippen LogP contribution in [0.5, 0.6) is 0 Å². The van der Waals surface area contributed by atoms with Crippen LogP contribution in [-0.4, -0.2) is 103 Å². The zero-order chi connectivity index (χ0) is 23.0. The van der Waals surface area contributed by atoms with Crippen molar-refractivity contribution in [2.24, 2.45) is 0 Å².